The largest absolute Gasteiger partial charge is 0.508 e. The van der Waals surface area contributed by atoms with Gasteiger partial charge in [0.1, 0.15) is 75.5 Å². The maximum Gasteiger partial charge on any atom is 0.138 e. The molecule has 0 spiro atoms. The van der Waals surface area contributed by atoms with Crippen LogP contribution in [0.3, 0.4) is 0 Å². The lowest BCUT2D eigenvalue weighted by molar-refractivity contribution is 0.192. The van der Waals surface area contributed by atoms with Crippen LogP contribution in [-0.2, 0) is 0 Å². The van der Waals surface area contributed by atoms with Crippen molar-refractivity contribution in [1.29, 1.82) is 0 Å². The number of rotatable bonds is 6. The molecule has 0 bridgehead atoms. The van der Waals surface area contributed by atoms with Gasteiger partial charge in [0.05, 0.1) is 11.8 Å². The first-order valence-corrected chi connectivity index (χ1v) is 16.5. The molecule has 0 aliphatic carbocycles. The lowest BCUT2D eigenvalue weighted by Gasteiger charge is -2.23. The van der Waals surface area contributed by atoms with Gasteiger partial charge in [0.15, 0.2) is 0 Å². The van der Waals surface area contributed by atoms with E-state index >= 15 is 0 Å². The van der Waals surface area contributed by atoms with Gasteiger partial charge in [-0.1, -0.05) is 24.3 Å². The molecular formula is C42H32O11. The summed E-state index contributed by atoms with van der Waals surface area (Å²) in [5.41, 5.74) is 3.40. The molecule has 0 saturated heterocycles. The Kier molecular flexibility index (Phi) is 7.83. The molecule has 4 atom stereocenters. The number of ether oxygens (including phenoxy) is 2. The molecule has 8 rings (SSSR count). The molecule has 4 unspecified atom stereocenters. The fourth-order valence-corrected chi connectivity index (χ4v) is 7.42. The van der Waals surface area contributed by atoms with Crippen molar-refractivity contribution >= 4 is 12.2 Å². The van der Waals surface area contributed by atoms with Gasteiger partial charge in [-0.25, -0.2) is 0 Å². The first-order chi connectivity index (χ1) is 25.4. The Morgan fingerprint density at radius 2 is 0.943 bits per heavy atom. The van der Waals surface area contributed by atoms with Gasteiger partial charge in [-0.15, -0.1) is 0 Å². The molecule has 0 fully saturated rings. The van der Waals surface area contributed by atoms with E-state index < -0.39 is 24.0 Å². The van der Waals surface area contributed by atoms with Gasteiger partial charge in [-0.2, -0.15) is 0 Å². The highest BCUT2D eigenvalue weighted by Crippen LogP contribution is 2.61. The lowest BCUT2D eigenvalue weighted by Crippen LogP contribution is -2.13. The summed E-state index contributed by atoms with van der Waals surface area (Å²) in [6.07, 6.45) is 1.55. The zero-order chi connectivity index (χ0) is 37.1. The van der Waals surface area contributed by atoms with E-state index in [0.717, 1.165) is 17.7 Å². The van der Waals surface area contributed by atoms with Crippen molar-refractivity contribution in [2.45, 2.75) is 24.0 Å². The van der Waals surface area contributed by atoms with Crippen LogP contribution in [0, 0.1) is 0 Å². The fraction of sp³-hybridized carbons (Fsp3) is 0.0952. The van der Waals surface area contributed by atoms with Crippen LogP contribution >= 0.6 is 0 Å². The van der Waals surface area contributed by atoms with Gasteiger partial charge in [-0.05, 0) is 95.1 Å². The van der Waals surface area contributed by atoms with Gasteiger partial charge in [-0.3, -0.25) is 0 Å². The Morgan fingerprint density at radius 3 is 1.57 bits per heavy atom. The molecule has 9 N–H and O–H groups in total. The molecule has 0 radical (unpaired) electrons. The normalized spacial score (nSPS) is 18.7. The smallest absolute Gasteiger partial charge is 0.138 e. The summed E-state index contributed by atoms with van der Waals surface area (Å²) < 4.78 is 13.3. The average Bonchev–Trinajstić information content (AvgIpc) is 3.68. The molecule has 266 valence electrons. The van der Waals surface area contributed by atoms with Crippen molar-refractivity contribution in [2.24, 2.45) is 0 Å². The standard InChI is InChI=1S/C42H32O11/c43-24-5-3-20(4-6-24)1-2-21-11-34(51)38-35(12-21)52-41(36(38)22-13-26(45)17-27(46)14-22)31-9-10-32(49)39-37(23-15-28(47)18-29(48)16-23)40(53-42(31)39)30-8-7-25(44)19-33(30)50/h1-19,36-37,40-41,43-51H/b2-1+. The van der Waals surface area contributed by atoms with Gasteiger partial charge >= 0.3 is 0 Å². The molecule has 11 nitrogen and oxygen atoms in total. The van der Waals surface area contributed by atoms with Crippen molar-refractivity contribution in [3.63, 3.8) is 0 Å². The van der Waals surface area contributed by atoms with E-state index in [4.69, 9.17) is 9.47 Å². The average molecular weight is 713 g/mol. The Bertz CT molecular complexity index is 2400. The summed E-state index contributed by atoms with van der Waals surface area (Å²) in [4.78, 5) is 0. The van der Waals surface area contributed by atoms with E-state index in [-0.39, 0.29) is 68.6 Å². The minimum Gasteiger partial charge on any atom is -0.508 e. The van der Waals surface area contributed by atoms with E-state index in [0.29, 0.717) is 33.6 Å². The minimum absolute atomic E-state index is 0.125. The quantitative estimate of drug-likeness (QED) is 0.0765. The second-order valence-electron chi connectivity index (χ2n) is 13.1. The molecule has 53 heavy (non-hydrogen) atoms. The van der Waals surface area contributed by atoms with E-state index in [9.17, 15) is 46.0 Å². The first-order valence-electron chi connectivity index (χ1n) is 16.5. The summed E-state index contributed by atoms with van der Waals surface area (Å²) in [5.74, 6) is -2.90. The van der Waals surface area contributed by atoms with Crippen LogP contribution in [0.1, 0.15) is 68.6 Å². The fourth-order valence-electron chi connectivity index (χ4n) is 7.42. The highest BCUT2D eigenvalue weighted by molar-refractivity contribution is 5.73. The Labute approximate surface area is 302 Å². The number of phenols is 9. The Morgan fingerprint density at radius 1 is 0.396 bits per heavy atom. The highest BCUT2D eigenvalue weighted by atomic mass is 16.5. The summed E-state index contributed by atoms with van der Waals surface area (Å²) >= 11 is 0. The second-order valence-corrected chi connectivity index (χ2v) is 13.1. The molecule has 0 amide bonds. The summed E-state index contributed by atoms with van der Waals surface area (Å²) in [5, 5.41) is 95.7. The van der Waals surface area contributed by atoms with Crippen LogP contribution in [0.5, 0.6) is 63.2 Å². The topological polar surface area (TPSA) is 201 Å². The van der Waals surface area contributed by atoms with Crippen molar-refractivity contribution in [2.75, 3.05) is 0 Å². The van der Waals surface area contributed by atoms with Crippen LogP contribution in [0.25, 0.3) is 12.2 Å². The van der Waals surface area contributed by atoms with Crippen molar-refractivity contribution in [3.8, 4) is 63.2 Å². The molecule has 6 aromatic carbocycles. The van der Waals surface area contributed by atoms with Gasteiger partial charge < -0.3 is 55.4 Å². The van der Waals surface area contributed by atoms with Crippen molar-refractivity contribution in [1.82, 2.24) is 0 Å². The minimum atomic E-state index is -1.05. The summed E-state index contributed by atoms with van der Waals surface area (Å²) in [7, 11) is 0. The number of aromatic hydroxyl groups is 9. The summed E-state index contributed by atoms with van der Waals surface area (Å²) in [6.45, 7) is 0. The van der Waals surface area contributed by atoms with Gasteiger partial charge in [0, 0.05) is 40.5 Å². The highest BCUT2D eigenvalue weighted by Gasteiger charge is 2.47. The second kappa shape index (κ2) is 12.6. The van der Waals surface area contributed by atoms with Crippen molar-refractivity contribution < 1.29 is 55.4 Å². The Hall–Kier alpha value is -7.14. The molecule has 0 aromatic heterocycles. The number of hydrogen-bond donors (Lipinski definition) is 9. The molecular weight excluding hydrogens is 680 g/mol. The zero-order valence-corrected chi connectivity index (χ0v) is 27.6. The SMILES string of the molecule is Oc1ccc(/C=C/c2cc(O)c3c(c2)OC(c2ccc(O)c4c2OC(c2ccc(O)cc2O)C4c2cc(O)cc(O)c2)C3c2cc(O)cc(O)c2)cc1. The van der Waals surface area contributed by atoms with Crippen LogP contribution in [0.2, 0.25) is 0 Å². The van der Waals surface area contributed by atoms with Gasteiger partial charge in [0.25, 0.3) is 0 Å². The third kappa shape index (κ3) is 5.93. The van der Waals surface area contributed by atoms with Crippen LogP contribution < -0.4 is 9.47 Å². The molecule has 2 aliphatic heterocycles. The van der Waals surface area contributed by atoms with E-state index in [1.165, 1.54) is 48.5 Å². The maximum atomic E-state index is 11.6. The van der Waals surface area contributed by atoms with Crippen LogP contribution in [-0.4, -0.2) is 46.0 Å². The first kappa shape index (κ1) is 33.0. The number of phenolic OH excluding ortho intramolecular Hbond substituents is 9. The molecule has 0 saturated carbocycles. The Balaban J connectivity index is 1.30. The monoisotopic (exact) mass is 712 g/mol. The number of hydrogen-bond acceptors (Lipinski definition) is 11. The van der Waals surface area contributed by atoms with E-state index in [1.54, 1.807) is 54.6 Å². The van der Waals surface area contributed by atoms with Gasteiger partial charge in [0.2, 0.25) is 0 Å². The summed E-state index contributed by atoms with van der Waals surface area (Å²) in [6, 6.07) is 25.0. The lowest BCUT2D eigenvalue weighted by atomic mass is 9.81. The zero-order valence-electron chi connectivity index (χ0n) is 27.6. The third-order valence-electron chi connectivity index (χ3n) is 9.63. The molecule has 11 heteroatoms. The van der Waals surface area contributed by atoms with E-state index in [1.807, 2.05) is 0 Å². The van der Waals surface area contributed by atoms with Crippen LogP contribution in [0.15, 0.2) is 103 Å². The predicted molar refractivity (Wildman–Crippen MR) is 193 cm³/mol. The van der Waals surface area contributed by atoms with E-state index in [2.05, 4.69) is 0 Å². The molecule has 2 heterocycles. The number of benzene rings is 6. The molecule has 2 aliphatic rings. The van der Waals surface area contributed by atoms with Crippen LogP contribution in [0.4, 0.5) is 0 Å². The maximum absolute atomic E-state index is 11.6. The third-order valence-corrected chi connectivity index (χ3v) is 9.63. The molecule has 6 aromatic rings. The van der Waals surface area contributed by atoms with Crippen molar-refractivity contribution in [3.05, 3.63) is 148 Å². The predicted octanol–water partition coefficient (Wildman–Crippen LogP) is 7.74. The number of fused-ring (bicyclic) bond motifs is 2.